The van der Waals surface area contributed by atoms with Crippen LogP contribution in [0.25, 0.3) is 0 Å². The quantitative estimate of drug-likeness (QED) is 0.588. The standard InChI is InChI=1S/C11H16N2O/c1-3-5-11(12)13-9-6-4-7-10(8-9)14-2/h4,6-8H,3,5H2,1-2H3,(H2,12,13). The lowest BCUT2D eigenvalue weighted by Crippen LogP contribution is -2.09. The van der Waals surface area contributed by atoms with Crippen molar-refractivity contribution in [2.75, 3.05) is 7.11 Å². The van der Waals surface area contributed by atoms with Crippen LogP contribution in [-0.2, 0) is 0 Å². The summed E-state index contributed by atoms with van der Waals surface area (Å²) in [6, 6.07) is 7.56. The largest absolute Gasteiger partial charge is 0.497 e. The molecule has 0 atom stereocenters. The minimum Gasteiger partial charge on any atom is -0.497 e. The average molecular weight is 192 g/mol. The van der Waals surface area contributed by atoms with Crippen LogP contribution in [0.2, 0.25) is 0 Å². The molecule has 0 aliphatic carbocycles. The van der Waals surface area contributed by atoms with Gasteiger partial charge in [0.05, 0.1) is 18.6 Å². The Morgan fingerprint density at radius 1 is 1.50 bits per heavy atom. The van der Waals surface area contributed by atoms with Crippen LogP contribution in [0.15, 0.2) is 29.3 Å². The summed E-state index contributed by atoms with van der Waals surface area (Å²) in [5.41, 5.74) is 6.56. The second-order valence-electron chi connectivity index (χ2n) is 3.05. The predicted octanol–water partition coefficient (Wildman–Crippen LogP) is 2.48. The summed E-state index contributed by atoms with van der Waals surface area (Å²) in [7, 11) is 1.64. The van der Waals surface area contributed by atoms with Gasteiger partial charge in [-0.05, 0) is 18.6 Å². The van der Waals surface area contributed by atoms with Gasteiger partial charge in [0, 0.05) is 12.5 Å². The molecule has 3 heteroatoms. The Hall–Kier alpha value is -1.51. The van der Waals surface area contributed by atoms with E-state index in [1.165, 1.54) is 0 Å². The highest BCUT2D eigenvalue weighted by Gasteiger charge is 1.95. The molecule has 0 fully saturated rings. The van der Waals surface area contributed by atoms with Gasteiger partial charge < -0.3 is 10.5 Å². The second kappa shape index (κ2) is 5.27. The van der Waals surface area contributed by atoms with Crippen LogP contribution >= 0.6 is 0 Å². The number of nitrogens with zero attached hydrogens (tertiary/aromatic N) is 1. The summed E-state index contributed by atoms with van der Waals surface area (Å²) >= 11 is 0. The Labute approximate surface area is 84.6 Å². The van der Waals surface area contributed by atoms with Crippen molar-refractivity contribution in [3.63, 3.8) is 0 Å². The van der Waals surface area contributed by atoms with Gasteiger partial charge in [-0.3, -0.25) is 0 Å². The molecule has 0 bridgehead atoms. The van der Waals surface area contributed by atoms with E-state index >= 15 is 0 Å². The highest BCUT2D eigenvalue weighted by Crippen LogP contribution is 2.19. The first-order valence-corrected chi connectivity index (χ1v) is 4.73. The molecule has 0 radical (unpaired) electrons. The number of rotatable bonds is 4. The first kappa shape index (κ1) is 10.6. The molecule has 0 saturated heterocycles. The number of nitrogens with two attached hydrogens (primary N) is 1. The lowest BCUT2D eigenvalue weighted by molar-refractivity contribution is 0.415. The maximum absolute atomic E-state index is 5.72. The number of hydrogen-bond donors (Lipinski definition) is 1. The smallest absolute Gasteiger partial charge is 0.121 e. The molecule has 0 aliphatic heterocycles. The fraction of sp³-hybridized carbons (Fsp3) is 0.364. The zero-order valence-electron chi connectivity index (χ0n) is 8.66. The lowest BCUT2D eigenvalue weighted by atomic mass is 10.3. The van der Waals surface area contributed by atoms with E-state index < -0.39 is 0 Å². The minimum atomic E-state index is 0.667. The fourth-order valence-electron chi connectivity index (χ4n) is 1.16. The van der Waals surface area contributed by atoms with E-state index in [9.17, 15) is 0 Å². The Bertz CT molecular complexity index is 321. The lowest BCUT2D eigenvalue weighted by Gasteiger charge is -2.01. The summed E-state index contributed by atoms with van der Waals surface area (Å²) in [5.74, 6) is 1.47. The Kier molecular flexibility index (Phi) is 3.98. The van der Waals surface area contributed by atoms with Crippen molar-refractivity contribution in [2.45, 2.75) is 19.8 Å². The van der Waals surface area contributed by atoms with Crippen LogP contribution in [0.4, 0.5) is 5.69 Å². The molecule has 1 rings (SSSR count). The number of methoxy groups -OCH3 is 1. The SMILES string of the molecule is CCCC(N)=Nc1cccc(OC)c1. The van der Waals surface area contributed by atoms with Gasteiger partial charge >= 0.3 is 0 Å². The van der Waals surface area contributed by atoms with E-state index in [-0.39, 0.29) is 0 Å². The van der Waals surface area contributed by atoms with Crippen LogP contribution < -0.4 is 10.5 Å². The molecule has 1 aromatic rings. The summed E-state index contributed by atoms with van der Waals surface area (Å²) in [6.07, 6.45) is 1.84. The molecule has 76 valence electrons. The van der Waals surface area contributed by atoms with Crippen LogP contribution in [0.1, 0.15) is 19.8 Å². The molecule has 0 spiro atoms. The third-order valence-corrected chi connectivity index (χ3v) is 1.83. The van der Waals surface area contributed by atoms with Crippen molar-refractivity contribution in [2.24, 2.45) is 10.7 Å². The third-order valence-electron chi connectivity index (χ3n) is 1.83. The van der Waals surface area contributed by atoms with Crippen molar-refractivity contribution in [3.8, 4) is 5.75 Å². The summed E-state index contributed by atoms with van der Waals surface area (Å²) in [6.45, 7) is 2.08. The second-order valence-corrected chi connectivity index (χ2v) is 3.05. The Balaban J connectivity index is 2.80. The van der Waals surface area contributed by atoms with E-state index in [1.54, 1.807) is 7.11 Å². The first-order valence-electron chi connectivity index (χ1n) is 4.73. The zero-order valence-corrected chi connectivity index (χ0v) is 8.66. The molecule has 3 nitrogen and oxygen atoms in total. The van der Waals surface area contributed by atoms with E-state index in [4.69, 9.17) is 10.5 Å². The fourth-order valence-corrected chi connectivity index (χ4v) is 1.16. The molecular weight excluding hydrogens is 176 g/mol. The predicted molar refractivity (Wildman–Crippen MR) is 59.2 cm³/mol. The zero-order chi connectivity index (χ0) is 10.4. The van der Waals surface area contributed by atoms with Gasteiger partial charge in [-0.1, -0.05) is 13.0 Å². The third kappa shape index (κ3) is 3.09. The molecule has 0 heterocycles. The molecule has 14 heavy (non-hydrogen) atoms. The maximum Gasteiger partial charge on any atom is 0.121 e. The van der Waals surface area contributed by atoms with Crippen LogP contribution in [0.3, 0.4) is 0 Å². The summed E-state index contributed by atoms with van der Waals surface area (Å²) < 4.78 is 5.09. The highest BCUT2D eigenvalue weighted by molar-refractivity contribution is 5.83. The van der Waals surface area contributed by atoms with Gasteiger partial charge in [0.25, 0.3) is 0 Å². The van der Waals surface area contributed by atoms with Crippen LogP contribution in [-0.4, -0.2) is 12.9 Å². The van der Waals surface area contributed by atoms with Gasteiger partial charge in [-0.15, -0.1) is 0 Å². The summed E-state index contributed by atoms with van der Waals surface area (Å²) in [5, 5.41) is 0. The number of benzene rings is 1. The maximum atomic E-state index is 5.72. The highest BCUT2D eigenvalue weighted by atomic mass is 16.5. The molecule has 0 unspecified atom stereocenters. The molecule has 0 saturated carbocycles. The minimum absolute atomic E-state index is 0.667. The topological polar surface area (TPSA) is 47.6 Å². The molecule has 1 aromatic carbocycles. The van der Waals surface area contributed by atoms with Crippen molar-refractivity contribution in [1.29, 1.82) is 0 Å². The van der Waals surface area contributed by atoms with Crippen LogP contribution in [0.5, 0.6) is 5.75 Å². The number of ether oxygens (including phenoxy) is 1. The molecular formula is C11H16N2O. The summed E-state index contributed by atoms with van der Waals surface area (Å²) in [4.78, 5) is 4.27. The van der Waals surface area contributed by atoms with E-state index in [2.05, 4.69) is 11.9 Å². The molecule has 0 amide bonds. The van der Waals surface area contributed by atoms with E-state index in [0.29, 0.717) is 5.84 Å². The Morgan fingerprint density at radius 2 is 2.29 bits per heavy atom. The van der Waals surface area contributed by atoms with Crippen LogP contribution in [0, 0.1) is 0 Å². The van der Waals surface area contributed by atoms with Crippen molar-refractivity contribution in [1.82, 2.24) is 0 Å². The van der Waals surface area contributed by atoms with Gasteiger partial charge in [0.15, 0.2) is 0 Å². The normalized spacial score (nSPS) is 11.4. The average Bonchev–Trinajstić information content (AvgIpc) is 2.18. The monoisotopic (exact) mass is 192 g/mol. The van der Waals surface area contributed by atoms with E-state index in [0.717, 1.165) is 24.3 Å². The molecule has 0 aromatic heterocycles. The Morgan fingerprint density at radius 3 is 2.93 bits per heavy atom. The molecule has 2 N–H and O–H groups in total. The van der Waals surface area contributed by atoms with Gasteiger partial charge in [-0.2, -0.15) is 0 Å². The van der Waals surface area contributed by atoms with Gasteiger partial charge in [0.2, 0.25) is 0 Å². The number of amidine groups is 1. The van der Waals surface area contributed by atoms with Crippen molar-refractivity contribution >= 4 is 11.5 Å². The van der Waals surface area contributed by atoms with Crippen molar-refractivity contribution < 1.29 is 4.74 Å². The number of aliphatic imine (C=N–C) groups is 1. The first-order chi connectivity index (χ1) is 6.76. The number of hydrogen-bond acceptors (Lipinski definition) is 2. The van der Waals surface area contributed by atoms with Crippen molar-refractivity contribution in [3.05, 3.63) is 24.3 Å². The van der Waals surface area contributed by atoms with Gasteiger partial charge in [0.1, 0.15) is 5.75 Å². The molecule has 0 aliphatic rings. The van der Waals surface area contributed by atoms with E-state index in [1.807, 2.05) is 24.3 Å². The van der Waals surface area contributed by atoms with Gasteiger partial charge in [-0.25, -0.2) is 4.99 Å².